The Balaban J connectivity index is 1.61. The average molecular weight is 502 g/mol. The molecule has 188 valence electrons. The fraction of sp³-hybridized carbons (Fsp3) is 0.182. The highest BCUT2D eigenvalue weighted by atomic mass is 16.5. The molecule has 6 rings (SSSR count). The van der Waals surface area contributed by atoms with E-state index in [1.54, 1.807) is 36.1 Å². The molecule has 0 aromatic heterocycles. The van der Waals surface area contributed by atoms with Crippen molar-refractivity contribution in [3.63, 3.8) is 0 Å². The lowest BCUT2D eigenvalue weighted by Crippen LogP contribution is -2.40. The van der Waals surface area contributed by atoms with Crippen LogP contribution in [-0.4, -0.2) is 24.3 Å². The molecule has 5 heteroatoms. The number of ether oxygens (including phenoxy) is 1. The first-order valence-corrected chi connectivity index (χ1v) is 12.9. The number of benzene rings is 4. The monoisotopic (exact) mass is 501 g/mol. The largest absolute Gasteiger partial charge is 0.465 e. The van der Waals surface area contributed by atoms with Crippen molar-refractivity contribution >= 4 is 23.3 Å². The molecule has 1 aliphatic heterocycles. The van der Waals surface area contributed by atoms with Crippen LogP contribution >= 0.6 is 0 Å². The van der Waals surface area contributed by atoms with Crippen molar-refractivity contribution in [3.8, 4) is 0 Å². The molecular weight excluding hydrogens is 474 g/mol. The van der Waals surface area contributed by atoms with Gasteiger partial charge in [0.05, 0.1) is 19.1 Å². The van der Waals surface area contributed by atoms with Gasteiger partial charge in [-0.25, -0.2) is 0 Å². The summed E-state index contributed by atoms with van der Waals surface area (Å²) in [6.45, 7) is 2.21. The zero-order valence-corrected chi connectivity index (χ0v) is 21.0. The van der Waals surface area contributed by atoms with Crippen molar-refractivity contribution in [2.24, 2.45) is 5.92 Å². The third kappa shape index (κ3) is 3.14. The van der Waals surface area contributed by atoms with Gasteiger partial charge in [-0.15, -0.1) is 0 Å². The molecular formula is C33H27NO4. The highest BCUT2D eigenvalue weighted by Crippen LogP contribution is 2.75. The van der Waals surface area contributed by atoms with E-state index in [9.17, 15) is 14.4 Å². The summed E-state index contributed by atoms with van der Waals surface area (Å²) in [5, 5.41) is 0. The number of rotatable bonds is 7. The Hall–Kier alpha value is -4.51. The zero-order chi connectivity index (χ0) is 26.3. The second-order valence-corrected chi connectivity index (χ2v) is 9.76. The van der Waals surface area contributed by atoms with Crippen molar-refractivity contribution < 1.29 is 19.1 Å². The summed E-state index contributed by atoms with van der Waals surface area (Å²) in [7, 11) is 0. The topological polar surface area (TPSA) is 63.7 Å². The molecule has 3 atom stereocenters. The van der Waals surface area contributed by atoms with Crippen LogP contribution in [0.5, 0.6) is 0 Å². The minimum Gasteiger partial charge on any atom is -0.465 e. The molecule has 1 spiro atoms. The van der Waals surface area contributed by atoms with Gasteiger partial charge in [-0.05, 0) is 29.7 Å². The van der Waals surface area contributed by atoms with Crippen molar-refractivity contribution in [2.75, 3.05) is 11.5 Å². The van der Waals surface area contributed by atoms with Gasteiger partial charge in [0, 0.05) is 11.3 Å². The molecule has 0 saturated heterocycles. The first-order valence-electron chi connectivity index (χ1n) is 12.9. The average Bonchev–Trinajstić information content (AvgIpc) is 3.56. The van der Waals surface area contributed by atoms with E-state index in [0.29, 0.717) is 28.9 Å². The quantitative estimate of drug-likeness (QED) is 0.248. The van der Waals surface area contributed by atoms with Gasteiger partial charge in [0.2, 0.25) is 5.91 Å². The number of carbonyl (C=O) groups excluding carboxylic acids is 3. The molecule has 0 N–H and O–H groups in total. The van der Waals surface area contributed by atoms with E-state index in [1.165, 1.54) is 0 Å². The summed E-state index contributed by atoms with van der Waals surface area (Å²) in [6.07, 6.45) is 0. The Morgan fingerprint density at radius 3 is 2.03 bits per heavy atom. The van der Waals surface area contributed by atoms with Crippen LogP contribution in [0.3, 0.4) is 0 Å². The predicted molar refractivity (Wildman–Crippen MR) is 145 cm³/mol. The number of hydrogen-bond acceptors (Lipinski definition) is 4. The number of anilines is 1. The Bertz CT molecular complexity index is 1520. The Morgan fingerprint density at radius 2 is 1.37 bits per heavy atom. The van der Waals surface area contributed by atoms with Crippen molar-refractivity contribution in [2.45, 2.75) is 24.3 Å². The normalized spacial score (nSPS) is 23.2. The van der Waals surface area contributed by atoms with Crippen LogP contribution in [0.1, 0.15) is 34.0 Å². The third-order valence-electron chi connectivity index (χ3n) is 7.94. The molecule has 38 heavy (non-hydrogen) atoms. The standard InChI is InChI=1S/C33H27NO4/c1-2-38-31(37)32(25-18-10-5-11-19-25)29(28(35)24-16-8-4-9-17-24)33(32)26-20-12-13-21-27(26)34(30(33)36)22-23-14-6-3-7-15-23/h3-21,29H,2,22H2,1H3/t29-,32+,33-/m1/s1. The van der Waals surface area contributed by atoms with Crippen LogP contribution < -0.4 is 4.90 Å². The molecule has 1 heterocycles. The van der Waals surface area contributed by atoms with Gasteiger partial charge in [0.25, 0.3) is 0 Å². The SMILES string of the molecule is CCOC(=O)[C@]1(c2ccccc2)[C@@H](C(=O)c2ccccc2)[C@]12C(=O)N(Cc1ccccc1)c1ccccc12. The van der Waals surface area contributed by atoms with E-state index in [4.69, 9.17) is 4.74 Å². The summed E-state index contributed by atoms with van der Waals surface area (Å²) in [5.41, 5.74) is 0.528. The molecule has 5 nitrogen and oxygen atoms in total. The predicted octanol–water partition coefficient (Wildman–Crippen LogP) is 5.49. The van der Waals surface area contributed by atoms with Gasteiger partial charge in [-0.3, -0.25) is 14.4 Å². The van der Waals surface area contributed by atoms with Crippen molar-refractivity contribution in [3.05, 3.63) is 138 Å². The number of esters is 1. The summed E-state index contributed by atoms with van der Waals surface area (Å²) >= 11 is 0. The van der Waals surface area contributed by atoms with Crippen molar-refractivity contribution in [1.82, 2.24) is 0 Å². The molecule has 0 bridgehead atoms. The maximum absolute atomic E-state index is 14.8. The second-order valence-electron chi connectivity index (χ2n) is 9.76. The van der Waals surface area contributed by atoms with Gasteiger partial charge in [-0.2, -0.15) is 0 Å². The van der Waals surface area contributed by atoms with E-state index in [0.717, 1.165) is 5.56 Å². The van der Waals surface area contributed by atoms with Gasteiger partial charge in [0.15, 0.2) is 5.78 Å². The lowest BCUT2D eigenvalue weighted by molar-refractivity contribution is -0.148. The lowest BCUT2D eigenvalue weighted by Gasteiger charge is -2.22. The summed E-state index contributed by atoms with van der Waals surface area (Å²) in [6, 6.07) is 35.3. The van der Waals surface area contributed by atoms with Crippen LogP contribution in [-0.2, 0) is 31.7 Å². The highest BCUT2D eigenvalue weighted by Gasteiger charge is 2.90. The minimum atomic E-state index is -1.49. The smallest absolute Gasteiger partial charge is 0.318 e. The fourth-order valence-electron chi connectivity index (χ4n) is 6.44. The number of ketones is 1. The Labute approximate surface area is 221 Å². The molecule has 2 aliphatic rings. The maximum Gasteiger partial charge on any atom is 0.318 e. The van der Waals surface area contributed by atoms with Gasteiger partial charge >= 0.3 is 5.97 Å². The molecule has 0 unspecified atom stereocenters. The zero-order valence-electron chi connectivity index (χ0n) is 21.0. The molecule has 1 fully saturated rings. The van der Waals surface area contributed by atoms with Crippen molar-refractivity contribution in [1.29, 1.82) is 0 Å². The lowest BCUT2D eigenvalue weighted by atomic mass is 9.82. The van der Waals surface area contributed by atoms with E-state index < -0.39 is 22.7 Å². The van der Waals surface area contributed by atoms with E-state index in [1.807, 2.05) is 91.0 Å². The molecule has 4 aromatic rings. The number of para-hydroxylation sites is 1. The van der Waals surface area contributed by atoms with Crippen LogP contribution in [0.2, 0.25) is 0 Å². The number of hydrogen-bond donors (Lipinski definition) is 0. The molecule has 1 aliphatic carbocycles. The fourth-order valence-corrected chi connectivity index (χ4v) is 6.44. The number of fused-ring (bicyclic) bond motifs is 2. The van der Waals surface area contributed by atoms with Gasteiger partial charge in [0.1, 0.15) is 10.8 Å². The number of carbonyl (C=O) groups is 3. The molecule has 1 saturated carbocycles. The summed E-state index contributed by atoms with van der Waals surface area (Å²) < 4.78 is 5.68. The van der Waals surface area contributed by atoms with Gasteiger partial charge in [-0.1, -0.05) is 109 Å². The highest BCUT2D eigenvalue weighted by molar-refractivity contribution is 6.25. The van der Waals surface area contributed by atoms with E-state index in [-0.39, 0.29) is 18.3 Å². The third-order valence-corrected chi connectivity index (χ3v) is 7.94. The molecule has 1 amide bonds. The van der Waals surface area contributed by atoms with E-state index >= 15 is 0 Å². The summed E-state index contributed by atoms with van der Waals surface area (Å²) in [5.74, 6) is -2.00. The number of Topliss-reactive ketones (excluding diaryl/α,β-unsaturated/α-hetero) is 1. The Kier molecular flexibility index (Phi) is 5.72. The summed E-state index contributed by atoms with van der Waals surface area (Å²) in [4.78, 5) is 44.9. The maximum atomic E-state index is 14.8. The van der Waals surface area contributed by atoms with Crippen LogP contribution in [0.4, 0.5) is 5.69 Å². The second kappa shape index (κ2) is 9.10. The first kappa shape index (κ1) is 23.9. The Morgan fingerprint density at radius 1 is 0.789 bits per heavy atom. The molecule has 0 radical (unpaired) electrons. The van der Waals surface area contributed by atoms with E-state index in [2.05, 4.69) is 0 Å². The minimum absolute atomic E-state index is 0.138. The van der Waals surface area contributed by atoms with Crippen LogP contribution in [0, 0.1) is 5.92 Å². The van der Waals surface area contributed by atoms with Gasteiger partial charge < -0.3 is 9.64 Å². The first-order chi connectivity index (χ1) is 18.6. The molecule has 4 aromatic carbocycles. The van der Waals surface area contributed by atoms with Crippen LogP contribution in [0.15, 0.2) is 115 Å². The van der Waals surface area contributed by atoms with Crippen LogP contribution in [0.25, 0.3) is 0 Å². The number of amides is 1. The number of nitrogens with zero attached hydrogens (tertiary/aromatic N) is 1.